The van der Waals surface area contributed by atoms with E-state index in [1.807, 2.05) is 6.08 Å². The van der Waals surface area contributed by atoms with Crippen molar-refractivity contribution in [3.8, 4) is 0 Å². The van der Waals surface area contributed by atoms with Gasteiger partial charge in [-0.25, -0.2) is 0 Å². The monoisotopic (exact) mass is 341 g/mol. The summed E-state index contributed by atoms with van der Waals surface area (Å²) in [5, 5.41) is 18.4. The lowest BCUT2D eigenvalue weighted by Crippen LogP contribution is -2.36. The second-order valence-corrected chi connectivity index (χ2v) is 7.15. The Morgan fingerprint density at radius 2 is 1.17 bits per heavy atom. The number of unbranched alkanes of at least 4 members (excludes halogenated alkanes) is 14. The van der Waals surface area contributed by atoms with Gasteiger partial charge in [0.05, 0.1) is 18.8 Å². The molecule has 0 aromatic heterocycles. The molecule has 2 unspecified atom stereocenters. The Balaban J connectivity index is 3.16. The van der Waals surface area contributed by atoms with Crippen LogP contribution in [0.15, 0.2) is 12.2 Å². The van der Waals surface area contributed by atoms with Gasteiger partial charge in [-0.2, -0.15) is 0 Å². The molecule has 0 bridgehead atoms. The zero-order valence-electron chi connectivity index (χ0n) is 16.1. The first-order chi connectivity index (χ1) is 11.7. The number of aliphatic hydroxyl groups is 2. The van der Waals surface area contributed by atoms with Crippen LogP contribution in [0.4, 0.5) is 0 Å². The zero-order valence-corrected chi connectivity index (χ0v) is 16.1. The van der Waals surface area contributed by atoms with E-state index in [9.17, 15) is 5.11 Å². The lowest BCUT2D eigenvalue weighted by Gasteiger charge is -2.11. The molecule has 3 nitrogen and oxygen atoms in total. The molecule has 3 heteroatoms. The first-order valence-corrected chi connectivity index (χ1v) is 10.4. The van der Waals surface area contributed by atoms with Crippen molar-refractivity contribution in [3.05, 3.63) is 12.2 Å². The number of rotatable bonds is 18. The van der Waals surface area contributed by atoms with E-state index in [0.29, 0.717) is 0 Å². The molecule has 4 N–H and O–H groups in total. The fourth-order valence-corrected chi connectivity index (χ4v) is 2.94. The normalized spacial score (nSPS) is 14.3. The van der Waals surface area contributed by atoms with Gasteiger partial charge in [-0.15, -0.1) is 0 Å². The molecule has 0 aromatic carbocycles. The Labute approximate surface area is 150 Å². The largest absolute Gasteiger partial charge is 0.395 e. The summed E-state index contributed by atoms with van der Waals surface area (Å²) in [6.07, 6.45) is 23.2. The molecule has 0 rings (SSSR count). The molecule has 0 spiro atoms. The summed E-state index contributed by atoms with van der Waals surface area (Å²) < 4.78 is 0. The van der Waals surface area contributed by atoms with Gasteiger partial charge in [0, 0.05) is 0 Å². The van der Waals surface area contributed by atoms with E-state index < -0.39 is 12.1 Å². The molecule has 0 saturated heterocycles. The summed E-state index contributed by atoms with van der Waals surface area (Å²) in [5.41, 5.74) is 5.53. The fraction of sp³-hybridized carbons (Fsp3) is 0.905. The van der Waals surface area contributed by atoms with E-state index in [4.69, 9.17) is 10.8 Å². The minimum absolute atomic E-state index is 0.176. The van der Waals surface area contributed by atoms with Crippen molar-refractivity contribution in [2.75, 3.05) is 6.61 Å². The van der Waals surface area contributed by atoms with Gasteiger partial charge in [-0.1, -0.05) is 103 Å². The first kappa shape index (κ1) is 23.6. The lowest BCUT2D eigenvalue weighted by atomic mass is 10.0. The third kappa shape index (κ3) is 16.5. The maximum atomic E-state index is 9.56. The Bertz CT molecular complexity index is 269. The molecule has 0 aromatic rings. The van der Waals surface area contributed by atoms with Crippen LogP contribution in [0.1, 0.15) is 103 Å². The Kier molecular flexibility index (Phi) is 18.7. The number of nitrogens with two attached hydrogens (primary N) is 1. The molecule has 2 atom stereocenters. The molecule has 0 radical (unpaired) electrons. The van der Waals surface area contributed by atoms with E-state index in [0.717, 1.165) is 6.42 Å². The predicted octanol–water partition coefficient (Wildman–Crippen LogP) is 5.09. The maximum absolute atomic E-state index is 9.56. The molecule has 0 amide bonds. The van der Waals surface area contributed by atoms with Crippen molar-refractivity contribution in [3.63, 3.8) is 0 Å². The van der Waals surface area contributed by atoms with Gasteiger partial charge in [-0.05, 0) is 12.8 Å². The van der Waals surface area contributed by atoms with Crippen LogP contribution in [0.25, 0.3) is 0 Å². The number of hydrogen-bond donors (Lipinski definition) is 3. The van der Waals surface area contributed by atoms with Crippen LogP contribution in [-0.2, 0) is 0 Å². The Morgan fingerprint density at radius 1 is 0.750 bits per heavy atom. The van der Waals surface area contributed by atoms with E-state index in [2.05, 4.69) is 6.92 Å². The third-order valence-corrected chi connectivity index (χ3v) is 4.71. The highest BCUT2D eigenvalue weighted by atomic mass is 16.3. The zero-order chi connectivity index (χ0) is 17.9. The molecule has 0 fully saturated rings. The summed E-state index contributed by atoms with van der Waals surface area (Å²) in [7, 11) is 0. The highest BCUT2D eigenvalue weighted by Gasteiger charge is 2.08. The van der Waals surface area contributed by atoms with Crippen LogP contribution in [0.2, 0.25) is 0 Å². The summed E-state index contributed by atoms with van der Waals surface area (Å²) in [5.74, 6) is 0. The van der Waals surface area contributed by atoms with Crippen LogP contribution in [-0.4, -0.2) is 29.0 Å². The van der Waals surface area contributed by atoms with Crippen molar-refractivity contribution in [1.82, 2.24) is 0 Å². The van der Waals surface area contributed by atoms with E-state index in [1.165, 1.54) is 89.9 Å². The van der Waals surface area contributed by atoms with Crippen LogP contribution in [0, 0.1) is 0 Å². The number of aliphatic hydroxyl groups excluding tert-OH is 2. The maximum Gasteiger partial charge on any atom is 0.0894 e. The van der Waals surface area contributed by atoms with Gasteiger partial charge in [0.2, 0.25) is 0 Å². The summed E-state index contributed by atoms with van der Waals surface area (Å²) in [6.45, 7) is 2.10. The molecular formula is C21H43NO2. The van der Waals surface area contributed by atoms with Crippen molar-refractivity contribution in [1.29, 1.82) is 0 Å². The number of allylic oxidation sites excluding steroid dienone is 1. The van der Waals surface area contributed by atoms with Gasteiger partial charge in [0.15, 0.2) is 0 Å². The second kappa shape index (κ2) is 19.0. The van der Waals surface area contributed by atoms with E-state index in [-0.39, 0.29) is 6.61 Å². The van der Waals surface area contributed by atoms with Gasteiger partial charge >= 0.3 is 0 Å². The summed E-state index contributed by atoms with van der Waals surface area (Å²) >= 11 is 0. The van der Waals surface area contributed by atoms with Crippen LogP contribution < -0.4 is 5.73 Å². The van der Waals surface area contributed by atoms with Gasteiger partial charge in [-0.3, -0.25) is 0 Å². The summed E-state index contributed by atoms with van der Waals surface area (Å²) in [4.78, 5) is 0. The van der Waals surface area contributed by atoms with Gasteiger partial charge in [0.25, 0.3) is 0 Å². The highest BCUT2D eigenvalue weighted by Crippen LogP contribution is 2.13. The minimum Gasteiger partial charge on any atom is -0.395 e. The van der Waals surface area contributed by atoms with Crippen molar-refractivity contribution >= 4 is 0 Å². The average molecular weight is 342 g/mol. The summed E-state index contributed by atoms with van der Waals surface area (Å²) in [6, 6.07) is -0.558. The van der Waals surface area contributed by atoms with Crippen LogP contribution in [0.3, 0.4) is 0 Å². The molecule has 0 heterocycles. The topological polar surface area (TPSA) is 66.5 Å². The van der Waals surface area contributed by atoms with Crippen LogP contribution >= 0.6 is 0 Å². The molecule has 144 valence electrons. The van der Waals surface area contributed by atoms with Crippen molar-refractivity contribution in [2.45, 2.75) is 115 Å². The van der Waals surface area contributed by atoms with Gasteiger partial charge in [0.1, 0.15) is 0 Å². The van der Waals surface area contributed by atoms with Crippen molar-refractivity contribution in [2.24, 2.45) is 5.73 Å². The highest BCUT2D eigenvalue weighted by molar-refractivity contribution is 4.93. The van der Waals surface area contributed by atoms with E-state index >= 15 is 0 Å². The lowest BCUT2D eigenvalue weighted by molar-refractivity contribution is 0.144. The van der Waals surface area contributed by atoms with Crippen molar-refractivity contribution < 1.29 is 10.2 Å². The van der Waals surface area contributed by atoms with Gasteiger partial charge < -0.3 is 15.9 Å². The first-order valence-electron chi connectivity index (χ1n) is 10.4. The molecule has 0 aliphatic heterocycles. The molecule has 0 saturated carbocycles. The quantitative estimate of drug-likeness (QED) is 0.240. The Morgan fingerprint density at radius 3 is 1.58 bits per heavy atom. The Hall–Kier alpha value is -0.380. The molecule has 0 aliphatic rings. The molecule has 24 heavy (non-hydrogen) atoms. The predicted molar refractivity (Wildman–Crippen MR) is 105 cm³/mol. The molecule has 0 aliphatic carbocycles. The smallest absolute Gasteiger partial charge is 0.0894 e. The van der Waals surface area contributed by atoms with E-state index in [1.54, 1.807) is 6.08 Å². The standard InChI is InChI=1S/C21H43NO2/c1-2-3-4-5-6-7-8-9-10-11-12-13-14-15-16-17-18-21(24)20(22)19-23/h17-18,20-21,23-24H,2-16,19,22H2,1H3/b18-17+. The second-order valence-electron chi connectivity index (χ2n) is 7.15. The average Bonchev–Trinajstić information content (AvgIpc) is 2.60. The van der Waals surface area contributed by atoms with Crippen LogP contribution in [0.5, 0.6) is 0 Å². The molecular weight excluding hydrogens is 298 g/mol. The fourth-order valence-electron chi connectivity index (χ4n) is 2.94. The third-order valence-electron chi connectivity index (χ3n) is 4.71. The number of hydrogen-bond acceptors (Lipinski definition) is 3. The minimum atomic E-state index is -0.721. The SMILES string of the molecule is CCCCCCCCCCCCCCCC/C=C/C(O)C(N)CO.